The van der Waals surface area contributed by atoms with E-state index in [9.17, 15) is 4.79 Å². The minimum absolute atomic E-state index is 0.367. The lowest BCUT2D eigenvalue weighted by molar-refractivity contribution is -0.133. The number of hydrogen-bond donors (Lipinski definition) is 0. The SMILES string of the molecule is CCCCCC/C(=N\OC)C(=O)OC. The molecular formula is C10H19NO3. The van der Waals surface area contributed by atoms with Crippen molar-refractivity contribution in [3.8, 4) is 0 Å². The molecule has 0 aliphatic rings. The molecule has 0 aliphatic carbocycles. The Hall–Kier alpha value is -1.06. The highest BCUT2D eigenvalue weighted by Gasteiger charge is 2.11. The number of rotatable bonds is 7. The minimum Gasteiger partial charge on any atom is -0.464 e. The number of ether oxygens (including phenoxy) is 1. The van der Waals surface area contributed by atoms with Crippen LogP contribution in [0.4, 0.5) is 0 Å². The van der Waals surface area contributed by atoms with E-state index in [1.54, 1.807) is 0 Å². The molecule has 0 saturated heterocycles. The van der Waals surface area contributed by atoms with Crippen LogP contribution in [0.2, 0.25) is 0 Å². The number of methoxy groups -OCH3 is 1. The van der Waals surface area contributed by atoms with E-state index in [-0.39, 0.29) is 0 Å². The molecule has 0 aromatic rings. The first-order chi connectivity index (χ1) is 6.76. The molecule has 0 fully saturated rings. The second kappa shape index (κ2) is 8.53. The summed E-state index contributed by atoms with van der Waals surface area (Å²) >= 11 is 0. The molecule has 0 aromatic heterocycles. The maximum absolute atomic E-state index is 11.1. The maximum atomic E-state index is 11.1. The Morgan fingerprint density at radius 1 is 1.21 bits per heavy atom. The molecule has 0 bridgehead atoms. The van der Waals surface area contributed by atoms with Gasteiger partial charge >= 0.3 is 5.97 Å². The van der Waals surface area contributed by atoms with Crippen molar-refractivity contribution in [1.29, 1.82) is 0 Å². The van der Waals surface area contributed by atoms with E-state index in [2.05, 4.69) is 21.7 Å². The number of esters is 1. The smallest absolute Gasteiger partial charge is 0.355 e. The van der Waals surface area contributed by atoms with Crippen molar-refractivity contribution in [3.63, 3.8) is 0 Å². The van der Waals surface area contributed by atoms with Crippen LogP contribution in [-0.2, 0) is 14.4 Å². The summed E-state index contributed by atoms with van der Waals surface area (Å²) in [7, 11) is 2.77. The van der Waals surface area contributed by atoms with Gasteiger partial charge in [0.15, 0.2) is 5.71 Å². The topological polar surface area (TPSA) is 47.9 Å². The first-order valence-electron chi connectivity index (χ1n) is 4.94. The van der Waals surface area contributed by atoms with Crippen LogP contribution < -0.4 is 0 Å². The number of unbranched alkanes of at least 4 members (excludes halogenated alkanes) is 3. The third kappa shape index (κ3) is 5.56. The van der Waals surface area contributed by atoms with Gasteiger partial charge in [-0.05, 0) is 6.42 Å². The molecule has 0 heterocycles. The second-order valence-corrected chi connectivity index (χ2v) is 3.02. The van der Waals surface area contributed by atoms with Gasteiger partial charge in [-0.1, -0.05) is 31.3 Å². The van der Waals surface area contributed by atoms with Gasteiger partial charge < -0.3 is 9.57 Å². The lowest BCUT2D eigenvalue weighted by Gasteiger charge is -2.02. The van der Waals surface area contributed by atoms with Gasteiger partial charge in [0, 0.05) is 6.42 Å². The van der Waals surface area contributed by atoms with Crippen molar-refractivity contribution < 1.29 is 14.4 Å². The van der Waals surface area contributed by atoms with Crippen molar-refractivity contribution >= 4 is 11.7 Å². The zero-order valence-electron chi connectivity index (χ0n) is 9.21. The third-order valence-electron chi connectivity index (χ3n) is 1.89. The molecule has 82 valence electrons. The average molecular weight is 201 g/mol. The van der Waals surface area contributed by atoms with Crippen LogP contribution in [0.15, 0.2) is 5.16 Å². The summed E-state index contributed by atoms with van der Waals surface area (Å²) in [6, 6.07) is 0. The average Bonchev–Trinajstić information content (AvgIpc) is 2.21. The van der Waals surface area contributed by atoms with Crippen LogP contribution in [-0.4, -0.2) is 25.9 Å². The molecule has 0 rings (SSSR count). The fraction of sp³-hybridized carbons (Fsp3) is 0.800. The summed E-state index contributed by atoms with van der Waals surface area (Å²) in [6.45, 7) is 2.14. The van der Waals surface area contributed by atoms with Gasteiger partial charge in [0.05, 0.1) is 7.11 Å². The molecule has 4 heteroatoms. The monoisotopic (exact) mass is 201 g/mol. The maximum Gasteiger partial charge on any atom is 0.355 e. The molecule has 0 spiro atoms. The largest absolute Gasteiger partial charge is 0.464 e. The van der Waals surface area contributed by atoms with Crippen molar-refractivity contribution in [1.82, 2.24) is 0 Å². The molecule has 14 heavy (non-hydrogen) atoms. The van der Waals surface area contributed by atoms with Crippen LogP contribution in [0.25, 0.3) is 0 Å². The van der Waals surface area contributed by atoms with E-state index in [4.69, 9.17) is 0 Å². The Balaban J connectivity index is 3.86. The van der Waals surface area contributed by atoms with Gasteiger partial charge in [-0.25, -0.2) is 4.79 Å². The number of carbonyl (C=O) groups excluding carboxylic acids is 1. The lowest BCUT2D eigenvalue weighted by atomic mass is 10.1. The van der Waals surface area contributed by atoms with Crippen molar-refractivity contribution in [2.75, 3.05) is 14.2 Å². The van der Waals surface area contributed by atoms with Gasteiger partial charge in [-0.15, -0.1) is 0 Å². The van der Waals surface area contributed by atoms with E-state index in [0.29, 0.717) is 12.1 Å². The Labute approximate surface area is 85.3 Å². The molecular weight excluding hydrogens is 182 g/mol. The highest BCUT2D eigenvalue weighted by Crippen LogP contribution is 2.04. The molecule has 0 radical (unpaired) electrons. The second-order valence-electron chi connectivity index (χ2n) is 3.02. The highest BCUT2D eigenvalue weighted by molar-refractivity contribution is 6.36. The normalized spacial score (nSPS) is 11.2. The molecule has 0 amide bonds. The molecule has 4 nitrogen and oxygen atoms in total. The summed E-state index contributed by atoms with van der Waals surface area (Å²) < 4.78 is 4.57. The predicted octanol–water partition coefficient (Wildman–Crippen LogP) is 2.13. The number of hydrogen-bond acceptors (Lipinski definition) is 4. The number of nitrogens with zero attached hydrogens (tertiary/aromatic N) is 1. The Morgan fingerprint density at radius 2 is 1.93 bits per heavy atom. The minimum atomic E-state index is -0.400. The fourth-order valence-corrected chi connectivity index (χ4v) is 1.13. The van der Waals surface area contributed by atoms with Crippen LogP contribution in [0, 0.1) is 0 Å². The van der Waals surface area contributed by atoms with E-state index in [1.165, 1.54) is 27.1 Å². The fourth-order valence-electron chi connectivity index (χ4n) is 1.13. The van der Waals surface area contributed by atoms with Crippen LogP contribution in [0.5, 0.6) is 0 Å². The molecule has 0 atom stereocenters. The molecule has 0 N–H and O–H groups in total. The van der Waals surface area contributed by atoms with Gasteiger partial charge in [0.1, 0.15) is 7.11 Å². The molecule has 0 saturated carbocycles. The Morgan fingerprint density at radius 3 is 2.43 bits per heavy atom. The zero-order valence-corrected chi connectivity index (χ0v) is 9.21. The van der Waals surface area contributed by atoms with Gasteiger partial charge in [-0.2, -0.15) is 0 Å². The van der Waals surface area contributed by atoms with Crippen molar-refractivity contribution in [2.24, 2.45) is 5.16 Å². The van der Waals surface area contributed by atoms with Crippen LogP contribution >= 0.6 is 0 Å². The van der Waals surface area contributed by atoms with Gasteiger partial charge in [0.25, 0.3) is 0 Å². The Bertz CT molecular complexity index is 190. The van der Waals surface area contributed by atoms with Gasteiger partial charge in [-0.3, -0.25) is 0 Å². The summed E-state index contributed by atoms with van der Waals surface area (Å²) in [5.41, 5.74) is 0.367. The third-order valence-corrected chi connectivity index (χ3v) is 1.89. The molecule has 0 unspecified atom stereocenters. The molecule has 0 aliphatic heterocycles. The van der Waals surface area contributed by atoms with E-state index in [1.807, 2.05) is 0 Å². The van der Waals surface area contributed by atoms with E-state index >= 15 is 0 Å². The summed E-state index contributed by atoms with van der Waals surface area (Å²) in [6.07, 6.45) is 5.04. The van der Waals surface area contributed by atoms with Crippen LogP contribution in [0.1, 0.15) is 39.0 Å². The van der Waals surface area contributed by atoms with E-state index < -0.39 is 5.97 Å². The molecule has 0 aromatic carbocycles. The standard InChI is InChI=1S/C10H19NO3/c1-4-5-6-7-8-9(11-14-3)10(12)13-2/h4-8H2,1-3H3/b11-9+. The quantitative estimate of drug-likeness (QED) is 0.274. The Kier molecular flexibility index (Phi) is 7.89. The highest BCUT2D eigenvalue weighted by atomic mass is 16.6. The predicted molar refractivity (Wildman–Crippen MR) is 55.2 cm³/mol. The zero-order chi connectivity index (χ0) is 10.8. The van der Waals surface area contributed by atoms with Gasteiger partial charge in [0.2, 0.25) is 0 Å². The van der Waals surface area contributed by atoms with E-state index in [0.717, 1.165) is 12.8 Å². The van der Waals surface area contributed by atoms with Crippen molar-refractivity contribution in [3.05, 3.63) is 0 Å². The van der Waals surface area contributed by atoms with Crippen molar-refractivity contribution in [2.45, 2.75) is 39.0 Å². The lowest BCUT2D eigenvalue weighted by Crippen LogP contribution is -2.16. The first-order valence-corrected chi connectivity index (χ1v) is 4.94. The first kappa shape index (κ1) is 12.9. The summed E-state index contributed by atoms with van der Waals surface area (Å²) in [4.78, 5) is 15.7. The van der Waals surface area contributed by atoms with Crippen LogP contribution in [0.3, 0.4) is 0 Å². The number of oxime groups is 1. The summed E-state index contributed by atoms with van der Waals surface area (Å²) in [5.74, 6) is -0.400. The summed E-state index contributed by atoms with van der Waals surface area (Å²) in [5, 5.41) is 3.63. The number of carbonyl (C=O) groups is 1.